The lowest BCUT2D eigenvalue weighted by Gasteiger charge is -2.43. The van der Waals surface area contributed by atoms with E-state index in [2.05, 4.69) is 64.7 Å². The van der Waals surface area contributed by atoms with Gasteiger partial charge in [0, 0.05) is 43.9 Å². The van der Waals surface area contributed by atoms with Crippen LogP contribution in [0.15, 0.2) is 64.9 Å². The molecular formula is C30H46N4O. The molecule has 0 aromatic rings. The number of likely N-dealkylation sites (N-methyl/N-ethyl adjacent to an activating group) is 1. The summed E-state index contributed by atoms with van der Waals surface area (Å²) in [7, 11) is 2.03. The van der Waals surface area contributed by atoms with Crippen LogP contribution < -0.4 is 0 Å². The largest absolute Gasteiger partial charge is 0.372 e. The van der Waals surface area contributed by atoms with Gasteiger partial charge in [0.1, 0.15) is 5.72 Å². The van der Waals surface area contributed by atoms with Crippen LogP contribution in [0.4, 0.5) is 0 Å². The molecule has 0 saturated heterocycles. The molecule has 2 heterocycles. The summed E-state index contributed by atoms with van der Waals surface area (Å²) in [6, 6.07) is 0. The van der Waals surface area contributed by atoms with Crippen molar-refractivity contribution in [1.29, 1.82) is 0 Å². The van der Waals surface area contributed by atoms with Crippen LogP contribution in [-0.4, -0.2) is 78.2 Å². The van der Waals surface area contributed by atoms with Crippen LogP contribution in [0.25, 0.3) is 0 Å². The van der Waals surface area contributed by atoms with E-state index in [1.807, 2.05) is 20.3 Å². The van der Waals surface area contributed by atoms with Gasteiger partial charge in [-0.3, -0.25) is 14.8 Å². The van der Waals surface area contributed by atoms with Crippen molar-refractivity contribution in [1.82, 2.24) is 14.7 Å². The van der Waals surface area contributed by atoms with Gasteiger partial charge in [-0.1, -0.05) is 49.0 Å². The standard InChI is InChI=1S/C30H46N4O/c1-5-24(19-27-20-26(27)6-2)21-34-23-31-15-18-32(4)30(3,35)28-22-33(17-14-29(28)34)16-13-25-11-9-7-8-10-12-25/h6-7,9-10,12,19,23,25-27,35H,2,5,8,11,13-18,20-22H2,1,3-4H3/b24-19+,31-23?. The van der Waals surface area contributed by atoms with Crippen molar-refractivity contribution in [2.45, 2.75) is 58.1 Å². The van der Waals surface area contributed by atoms with Crippen LogP contribution >= 0.6 is 0 Å². The fourth-order valence-corrected chi connectivity index (χ4v) is 5.62. The van der Waals surface area contributed by atoms with E-state index in [4.69, 9.17) is 4.99 Å². The molecule has 4 atom stereocenters. The molecule has 1 saturated carbocycles. The number of nitrogens with zero attached hydrogens (tertiary/aromatic N) is 4. The van der Waals surface area contributed by atoms with Gasteiger partial charge in [0.15, 0.2) is 0 Å². The quantitative estimate of drug-likeness (QED) is 0.499. The average molecular weight is 479 g/mol. The number of aliphatic imine (C=N–C) groups is 1. The van der Waals surface area contributed by atoms with E-state index in [1.54, 1.807) is 0 Å². The minimum atomic E-state index is -0.981. The van der Waals surface area contributed by atoms with E-state index in [0.29, 0.717) is 24.3 Å². The molecular weight excluding hydrogens is 432 g/mol. The molecule has 1 fully saturated rings. The van der Waals surface area contributed by atoms with E-state index in [0.717, 1.165) is 64.0 Å². The Labute approximate surface area is 213 Å². The Morgan fingerprint density at radius 3 is 2.89 bits per heavy atom. The average Bonchev–Trinajstić information content (AvgIpc) is 3.66. The summed E-state index contributed by atoms with van der Waals surface area (Å²) in [5.74, 6) is 1.91. The Kier molecular flexibility index (Phi) is 8.85. The summed E-state index contributed by atoms with van der Waals surface area (Å²) in [5, 5.41) is 11.8. The second-order valence-corrected chi connectivity index (χ2v) is 10.9. The molecule has 35 heavy (non-hydrogen) atoms. The fraction of sp³-hybridized carbons (Fsp3) is 0.633. The third-order valence-electron chi connectivity index (χ3n) is 8.42. The molecule has 4 aliphatic rings. The van der Waals surface area contributed by atoms with Crippen molar-refractivity contribution in [2.24, 2.45) is 22.7 Å². The molecule has 4 unspecified atom stereocenters. The lowest BCUT2D eigenvalue weighted by atomic mass is 9.93. The van der Waals surface area contributed by atoms with Gasteiger partial charge >= 0.3 is 0 Å². The highest BCUT2D eigenvalue weighted by molar-refractivity contribution is 5.60. The van der Waals surface area contributed by atoms with Gasteiger partial charge in [0.25, 0.3) is 0 Å². The zero-order valence-corrected chi connectivity index (χ0v) is 22.2. The first kappa shape index (κ1) is 26.1. The summed E-state index contributed by atoms with van der Waals surface area (Å²) >= 11 is 0. The third-order valence-corrected chi connectivity index (χ3v) is 8.42. The zero-order chi connectivity index (χ0) is 24.8. The first-order valence-electron chi connectivity index (χ1n) is 13.7. The maximum Gasteiger partial charge on any atom is 0.140 e. The second-order valence-electron chi connectivity index (χ2n) is 10.9. The third kappa shape index (κ3) is 6.63. The Morgan fingerprint density at radius 1 is 1.26 bits per heavy atom. The summed E-state index contributed by atoms with van der Waals surface area (Å²) in [6.45, 7) is 13.4. The van der Waals surface area contributed by atoms with Gasteiger partial charge in [0.2, 0.25) is 0 Å². The molecule has 2 aliphatic carbocycles. The molecule has 1 N–H and O–H groups in total. The number of hydrogen-bond acceptors (Lipinski definition) is 5. The van der Waals surface area contributed by atoms with Crippen molar-refractivity contribution < 1.29 is 5.11 Å². The summed E-state index contributed by atoms with van der Waals surface area (Å²) in [4.78, 5) is 11.7. The van der Waals surface area contributed by atoms with Crippen molar-refractivity contribution in [2.75, 3.05) is 46.3 Å². The lowest BCUT2D eigenvalue weighted by Crippen LogP contribution is -2.52. The van der Waals surface area contributed by atoms with Crippen LogP contribution in [0.3, 0.4) is 0 Å². The Balaban J connectivity index is 1.54. The van der Waals surface area contributed by atoms with Gasteiger partial charge < -0.3 is 10.0 Å². The molecule has 4 rings (SSSR count). The summed E-state index contributed by atoms with van der Waals surface area (Å²) in [5.41, 5.74) is 2.88. The molecule has 192 valence electrons. The summed E-state index contributed by atoms with van der Waals surface area (Å²) in [6.07, 6.45) is 22.5. The number of rotatable bonds is 8. The van der Waals surface area contributed by atoms with Gasteiger partial charge in [-0.15, -0.1) is 6.58 Å². The van der Waals surface area contributed by atoms with Gasteiger partial charge in [-0.25, -0.2) is 0 Å². The summed E-state index contributed by atoms with van der Waals surface area (Å²) < 4.78 is 0. The predicted octanol–water partition coefficient (Wildman–Crippen LogP) is 5.00. The normalized spacial score (nSPS) is 32.6. The Bertz CT molecular complexity index is 896. The lowest BCUT2D eigenvalue weighted by molar-refractivity contribution is -0.0531. The molecule has 5 heteroatoms. The van der Waals surface area contributed by atoms with Gasteiger partial charge in [0.05, 0.1) is 12.9 Å². The number of hydrogen-bond donors (Lipinski definition) is 1. The zero-order valence-electron chi connectivity index (χ0n) is 22.2. The van der Waals surface area contributed by atoms with E-state index >= 15 is 0 Å². The maximum absolute atomic E-state index is 11.8. The maximum atomic E-state index is 11.8. The highest BCUT2D eigenvalue weighted by atomic mass is 16.3. The van der Waals surface area contributed by atoms with Crippen molar-refractivity contribution >= 4 is 6.34 Å². The molecule has 0 aromatic carbocycles. The first-order valence-corrected chi connectivity index (χ1v) is 13.7. The molecule has 0 radical (unpaired) electrons. The van der Waals surface area contributed by atoms with E-state index in [-0.39, 0.29) is 0 Å². The Hall–Kier alpha value is -1.95. The number of allylic oxidation sites excluding steroid dienone is 6. The van der Waals surface area contributed by atoms with Crippen LogP contribution in [-0.2, 0) is 0 Å². The van der Waals surface area contributed by atoms with Crippen LogP contribution in [0.5, 0.6) is 0 Å². The van der Waals surface area contributed by atoms with E-state index < -0.39 is 5.72 Å². The number of aliphatic hydroxyl groups is 1. The van der Waals surface area contributed by atoms with Crippen molar-refractivity contribution in [3.8, 4) is 0 Å². The molecule has 2 aliphatic heterocycles. The minimum absolute atomic E-state index is 0.621. The van der Waals surface area contributed by atoms with Crippen molar-refractivity contribution in [3.63, 3.8) is 0 Å². The van der Waals surface area contributed by atoms with Gasteiger partial charge in [-0.2, -0.15) is 0 Å². The fourth-order valence-electron chi connectivity index (χ4n) is 5.62. The molecule has 0 bridgehead atoms. The topological polar surface area (TPSA) is 42.3 Å². The molecule has 5 nitrogen and oxygen atoms in total. The van der Waals surface area contributed by atoms with Crippen LogP contribution in [0, 0.1) is 17.8 Å². The monoisotopic (exact) mass is 478 g/mol. The highest BCUT2D eigenvalue weighted by Gasteiger charge is 2.38. The smallest absolute Gasteiger partial charge is 0.140 e. The Morgan fingerprint density at radius 2 is 2.11 bits per heavy atom. The van der Waals surface area contributed by atoms with Crippen LogP contribution in [0.2, 0.25) is 0 Å². The molecule has 0 aromatic heterocycles. The minimum Gasteiger partial charge on any atom is -0.372 e. The van der Waals surface area contributed by atoms with Crippen LogP contribution in [0.1, 0.15) is 52.4 Å². The highest BCUT2D eigenvalue weighted by Crippen LogP contribution is 2.41. The molecule has 0 spiro atoms. The van der Waals surface area contributed by atoms with E-state index in [1.165, 1.54) is 24.1 Å². The van der Waals surface area contributed by atoms with Crippen molar-refractivity contribution in [3.05, 3.63) is 59.9 Å². The molecule has 0 amide bonds. The predicted molar refractivity (Wildman–Crippen MR) is 147 cm³/mol. The SMILES string of the molecule is C=CC1CC1/C=C(\CC)CN1C=NCCN(C)C(C)(O)C2=C1CCN(CCC1C=CCC=CC1)C2. The second kappa shape index (κ2) is 11.9. The van der Waals surface area contributed by atoms with E-state index in [9.17, 15) is 5.11 Å². The van der Waals surface area contributed by atoms with Gasteiger partial charge in [-0.05, 0) is 70.4 Å². The first-order chi connectivity index (χ1) is 16.9.